The van der Waals surface area contributed by atoms with Gasteiger partial charge in [0.05, 0.1) is 11.0 Å². The average Bonchev–Trinajstić information content (AvgIpc) is 2.82. The quantitative estimate of drug-likeness (QED) is 0.195. The second-order valence-corrected chi connectivity index (χ2v) is 9.68. The normalized spacial score (nSPS) is 12.2. The second-order valence-electron chi connectivity index (χ2n) is 9.68. The maximum Gasteiger partial charge on any atom is 0.0794 e. The molecule has 0 aliphatic carbocycles. The molecule has 6 rings (SSSR count). The molecule has 0 aliphatic heterocycles. The van der Waals surface area contributed by atoms with E-state index >= 15 is 0 Å². The largest absolute Gasteiger partial charge is 0.246 e. The second kappa shape index (κ2) is 6.90. The summed E-state index contributed by atoms with van der Waals surface area (Å²) in [5.41, 5.74) is 6.12. The molecule has 0 saturated heterocycles. The number of aromatic nitrogens is 1. The van der Waals surface area contributed by atoms with Gasteiger partial charge in [-0.3, -0.25) is 0 Å². The van der Waals surface area contributed by atoms with E-state index in [-0.39, 0.29) is 5.41 Å². The highest BCUT2D eigenvalue weighted by Crippen LogP contribution is 2.40. The van der Waals surface area contributed by atoms with E-state index in [4.69, 9.17) is 4.98 Å². The molecule has 1 heterocycles. The SMILES string of the molecule is CC(C)(C)c1ccc(-c2c3ccc4ccccc4c3nc3c2ccc2ccccc23)cc1. The van der Waals surface area contributed by atoms with E-state index < -0.39 is 0 Å². The van der Waals surface area contributed by atoms with Crippen LogP contribution in [0.4, 0.5) is 0 Å². The third-order valence-electron chi connectivity index (χ3n) is 6.60. The number of nitrogens with zero attached hydrogens (tertiary/aromatic N) is 1. The Morgan fingerprint density at radius 3 is 1.50 bits per heavy atom. The van der Waals surface area contributed by atoms with Gasteiger partial charge in [0.25, 0.3) is 0 Å². The zero-order chi connectivity index (χ0) is 21.9. The van der Waals surface area contributed by atoms with Gasteiger partial charge in [-0.1, -0.05) is 118 Å². The van der Waals surface area contributed by atoms with Gasteiger partial charge in [-0.15, -0.1) is 0 Å². The molecule has 0 amide bonds. The summed E-state index contributed by atoms with van der Waals surface area (Å²) in [5.74, 6) is 0. The van der Waals surface area contributed by atoms with Crippen molar-refractivity contribution in [1.29, 1.82) is 0 Å². The van der Waals surface area contributed by atoms with Gasteiger partial charge in [0.1, 0.15) is 0 Å². The molecule has 5 aromatic carbocycles. The van der Waals surface area contributed by atoms with E-state index in [0.717, 1.165) is 11.0 Å². The summed E-state index contributed by atoms with van der Waals surface area (Å²) in [4.78, 5) is 5.28. The smallest absolute Gasteiger partial charge is 0.0794 e. The van der Waals surface area contributed by atoms with Crippen LogP contribution in [0.25, 0.3) is 54.5 Å². The van der Waals surface area contributed by atoms with Crippen molar-refractivity contribution in [3.05, 3.63) is 103 Å². The van der Waals surface area contributed by atoms with Crippen molar-refractivity contribution in [3.63, 3.8) is 0 Å². The maximum absolute atomic E-state index is 5.28. The molecule has 1 nitrogen and oxygen atoms in total. The van der Waals surface area contributed by atoms with Crippen LogP contribution in [0.3, 0.4) is 0 Å². The average molecular weight is 412 g/mol. The lowest BCUT2D eigenvalue weighted by molar-refractivity contribution is 0.590. The number of hydrogen-bond acceptors (Lipinski definition) is 1. The van der Waals surface area contributed by atoms with Gasteiger partial charge in [0.15, 0.2) is 0 Å². The number of hydrogen-bond donors (Lipinski definition) is 0. The van der Waals surface area contributed by atoms with Gasteiger partial charge in [-0.25, -0.2) is 4.98 Å². The highest BCUT2D eigenvalue weighted by Gasteiger charge is 2.17. The Morgan fingerprint density at radius 1 is 0.500 bits per heavy atom. The van der Waals surface area contributed by atoms with Crippen LogP contribution < -0.4 is 0 Å². The highest BCUT2D eigenvalue weighted by atomic mass is 14.7. The van der Waals surface area contributed by atoms with E-state index in [9.17, 15) is 0 Å². The predicted octanol–water partition coefficient (Wildman–Crippen LogP) is 8.66. The van der Waals surface area contributed by atoms with Crippen LogP contribution in [0.5, 0.6) is 0 Å². The summed E-state index contributed by atoms with van der Waals surface area (Å²) in [6.07, 6.45) is 0. The summed E-state index contributed by atoms with van der Waals surface area (Å²) in [6, 6.07) is 35.1. The van der Waals surface area contributed by atoms with Crippen LogP contribution in [0.1, 0.15) is 26.3 Å². The van der Waals surface area contributed by atoms with Crippen molar-refractivity contribution < 1.29 is 0 Å². The lowest BCUT2D eigenvalue weighted by atomic mass is 9.85. The Labute approximate surface area is 188 Å². The predicted molar refractivity (Wildman–Crippen MR) is 138 cm³/mol. The van der Waals surface area contributed by atoms with Gasteiger partial charge in [0, 0.05) is 27.1 Å². The molecule has 32 heavy (non-hydrogen) atoms. The molecule has 0 unspecified atom stereocenters. The molecule has 6 aromatic rings. The van der Waals surface area contributed by atoms with E-state index in [1.807, 2.05) is 0 Å². The van der Waals surface area contributed by atoms with Crippen molar-refractivity contribution in [2.45, 2.75) is 26.2 Å². The van der Waals surface area contributed by atoms with E-state index in [1.54, 1.807) is 0 Å². The summed E-state index contributed by atoms with van der Waals surface area (Å²) in [5, 5.41) is 7.26. The molecule has 154 valence electrons. The lowest BCUT2D eigenvalue weighted by Gasteiger charge is -2.20. The number of fused-ring (bicyclic) bond motifs is 6. The van der Waals surface area contributed by atoms with Crippen LogP contribution >= 0.6 is 0 Å². The zero-order valence-electron chi connectivity index (χ0n) is 18.7. The first-order chi connectivity index (χ1) is 15.5. The fraction of sp³-hybridized carbons (Fsp3) is 0.129. The van der Waals surface area contributed by atoms with E-state index in [0.29, 0.717) is 0 Å². The Bertz CT molecular complexity index is 1540. The van der Waals surface area contributed by atoms with Crippen molar-refractivity contribution in [3.8, 4) is 11.1 Å². The third-order valence-corrected chi connectivity index (χ3v) is 6.60. The first kappa shape index (κ1) is 19.0. The molecule has 0 fully saturated rings. The first-order valence-electron chi connectivity index (χ1n) is 11.2. The molecule has 1 heteroatoms. The van der Waals surface area contributed by atoms with Crippen LogP contribution in [-0.2, 0) is 5.41 Å². The van der Waals surface area contributed by atoms with Crippen molar-refractivity contribution in [1.82, 2.24) is 4.98 Å². The fourth-order valence-electron chi connectivity index (χ4n) is 4.86. The molecular formula is C31H25N. The van der Waals surface area contributed by atoms with Crippen molar-refractivity contribution in [2.24, 2.45) is 0 Å². The van der Waals surface area contributed by atoms with Crippen LogP contribution in [0.15, 0.2) is 97.1 Å². The number of pyridine rings is 1. The number of benzene rings is 5. The third kappa shape index (κ3) is 2.89. The molecule has 0 aliphatic rings. The molecule has 0 radical (unpaired) electrons. The molecular weight excluding hydrogens is 386 g/mol. The van der Waals surface area contributed by atoms with Gasteiger partial charge in [-0.05, 0) is 27.3 Å². The van der Waals surface area contributed by atoms with Gasteiger partial charge >= 0.3 is 0 Å². The molecule has 1 aromatic heterocycles. The zero-order valence-corrected chi connectivity index (χ0v) is 18.7. The Balaban J connectivity index is 1.79. The summed E-state index contributed by atoms with van der Waals surface area (Å²) < 4.78 is 0. The van der Waals surface area contributed by atoms with Crippen molar-refractivity contribution in [2.75, 3.05) is 0 Å². The monoisotopic (exact) mass is 411 g/mol. The fourth-order valence-corrected chi connectivity index (χ4v) is 4.86. The minimum absolute atomic E-state index is 0.132. The summed E-state index contributed by atoms with van der Waals surface area (Å²) in [7, 11) is 0. The lowest BCUT2D eigenvalue weighted by Crippen LogP contribution is -2.10. The highest BCUT2D eigenvalue weighted by molar-refractivity contribution is 6.21. The minimum atomic E-state index is 0.132. The summed E-state index contributed by atoms with van der Waals surface area (Å²) in [6.45, 7) is 6.78. The summed E-state index contributed by atoms with van der Waals surface area (Å²) >= 11 is 0. The van der Waals surface area contributed by atoms with Crippen LogP contribution in [0.2, 0.25) is 0 Å². The Morgan fingerprint density at radius 2 is 1.00 bits per heavy atom. The maximum atomic E-state index is 5.28. The minimum Gasteiger partial charge on any atom is -0.246 e. The van der Waals surface area contributed by atoms with Gasteiger partial charge < -0.3 is 0 Å². The van der Waals surface area contributed by atoms with Gasteiger partial charge in [-0.2, -0.15) is 0 Å². The number of rotatable bonds is 1. The molecule has 0 N–H and O–H groups in total. The van der Waals surface area contributed by atoms with Gasteiger partial charge in [0.2, 0.25) is 0 Å². The van der Waals surface area contributed by atoms with E-state index in [1.165, 1.54) is 49.0 Å². The van der Waals surface area contributed by atoms with Crippen LogP contribution in [0, 0.1) is 0 Å². The standard InChI is InChI=1S/C31H25N/c1-31(2,3)23-16-12-22(13-17-23)28-26-18-14-20-8-4-6-10-24(20)29(26)32-30-25-11-7-5-9-21(25)15-19-27(28)30/h4-19H,1-3H3. The Kier molecular flexibility index (Phi) is 4.10. The topological polar surface area (TPSA) is 12.9 Å². The molecule has 0 atom stereocenters. The first-order valence-corrected chi connectivity index (χ1v) is 11.2. The van der Waals surface area contributed by atoms with E-state index in [2.05, 4.69) is 118 Å². The molecule has 0 saturated carbocycles. The molecule has 0 bridgehead atoms. The Hall–Kier alpha value is -3.71. The molecule has 0 spiro atoms. The van der Waals surface area contributed by atoms with Crippen molar-refractivity contribution >= 4 is 43.4 Å². The van der Waals surface area contributed by atoms with Crippen LogP contribution in [-0.4, -0.2) is 4.98 Å².